The molecule has 4 N–H and O–H groups in total. The zero-order valence-electron chi connectivity index (χ0n) is 34.6. The lowest BCUT2D eigenvalue weighted by molar-refractivity contribution is -0.145. The number of ether oxygens (including phenoxy) is 4. The smallest absolute Gasteiger partial charge is 0.410 e. The molecule has 3 amide bonds. The Labute approximate surface area is 329 Å². The zero-order valence-corrected chi connectivity index (χ0v) is 34.6. The summed E-state index contributed by atoms with van der Waals surface area (Å²) in [6.07, 6.45) is 3.37. The molecule has 0 radical (unpaired) electrons. The highest BCUT2D eigenvalue weighted by molar-refractivity contribution is 6.06. The number of carbonyl (C=O) groups excluding carboxylic acids is 4. The molecule has 0 saturated heterocycles. The first-order valence-corrected chi connectivity index (χ1v) is 19.1. The molecule has 0 bridgehead atoms. The number of benzene rings is 2. The van der Waals surface area contributed by atoms with Gasteiger partial charge in [-0.15, -0.1) is 0 Å². The van der Waals surface area contributed by atoms with Crippen LogP contribution in [0.2, 0.25) is 0 Å². The van der Waals surface area contributed by atoms with Crippen molar-refractivity contribution in [3.8, 4) is 5.75 Å². The summed E-state index contributed by atoms with van der Waals surface area (Å²) in [7, 11) is 1.28. The molecule has 0 spiro atoms. The summed E-state index contributed by atoms with van der Waals surface area (Å²) in [5.74, 6) is -0.804. The zero-order chi connectivity index (χ0) is 41.7. The summed E-state index contributed by atoms with van der Waals surface area (Å²) in [5, 5.41) is 16.4. The average Bonchev–Trinajstić information content (AvgIpc) is 3.43. The monoisotopic (exact) mass is 784 g/mol. The van der Waals surface area contributed by atoms with Crippen LogP contribution in [0.5, 0.6) is 5.75 Å². The van der Waals surface area contributed by atoms with Gasteiger partial charge in [-0.1, -0.05) is 58.6 Å². The van der Waals surface area contributed by atoms with Crippen LogP contribution in [-0.4, -0.2) is 77.6 Å². The Kier molecular flexibility index (Phi) is 16.5. The maximum atomic E-state index is 13.6. The second-order valence-corrected chi connectivity index (χ2v) is 16.8. The maximum Gasteiger partial charge on any atom is 0.410 e. The third kappa shape index (κ3) is 15.7. The van der Waals surface area contributed by atoms with Crippen molar-refractivity contribution >= 4 is 35.0 Å². The number of hydrogen-bond donors (Lipinski definition) is 4. The van der Waals surface area contributed by atoms with Gasteiger partial charge in [0.15, 0.2) is 12.0 Å². The van der Waals surface area contributed by atoms with E-state index in [1.807, 2.05) is 26.8 Å². The van der Waals surface area contributed by atoms with Crippen LogP contribution >= 0.6 is 0 Å². The van der Waals surface area contributed by atoms with Gasteiger partial charge in [0.2, 0.25) is 0 Å². The van der Waals surface area contributed by atoms with Crippen molar-refractivity contribution in [2.24, 2.45) is 5.41 Å². The summed E-state index contributed by atoms with van der Waals surface area (Å²) < 4.78 is 37.0. The lowest BCUT2D eigenvalue weighted by Gasteiger charge is -2.28. The molecule has 1 heterocycles. The molecule has 3 rings (SSSR count). The first-order chi connectivity index (χ1) is 26.1. The number of fused-ring (bicyclic) bond motifs is 1. The molecule has 0 fully saturated rings. The van der Waals surface area contributed by atoms with Gasteiger partial charge >= 0.3 is 18.2 Å². The lowest BCUT2D eigenvalue weighted by atomic mass is 9.86. The van der Waals surface area contributed by atoms with E-state index < -0.39 is 53.0 Å². The van der Waals surface area contributed by atoms with Gasteiger partial charge in [-0.3, -0.25) is 25.4 Å². The van der Waals surface area contributed by atoms with Crippen molar-refractivity contribution in [1.29, 1.82) is 0 Å². The molecular weight excluding hydrogens is 723 g/mol. The Hall–Kier alpha value is -4.92. The molecule has 0 aliphatic carbocycles. The normalized spacial score (nSPS) is 12.6. The third-order valence-electron chi connectivity index (χ3n) is 8.27. The van der Waals surface area contributed by atoms with Crippen LogP contribution in [0.15, 0.2) is 42.5 Å². The van der Waals surface area contributed by atoms with Gasteiger partial charge in [0.05, 0.1) is 25.8 Å². The fraction of sp³-hybridized carbons (Fsp3) is 0.585. The number of nitrogens with one attached hydrogen (secondary N) is 4. The van der Waals surface area contributed by atoms with Crippen LogP contribution < -0.4 is 26.0 Å². The van der Waals surface area contributed by atoms with E-state index in [1.165, 1.54) is 19.2 Å². The van der Waals surface area contributed by atoms with Gasteiger partial charge in [0.25, 0.3) is 5.91 Å². The van der Waals surface area contributed by atoms with Crippen molar-refractivity contribution in [3.05, 3.63) is 59.5 Å². The van der Waals surface area contributed by atoms with E-state index in [0.717, 1.165) is 44.1 Å². The second-order valence-electron chi connectivity index (χ2n) is 16.8. The number of methoxy groups -OCH3 is 1. The molecule has 0 aliphatic heterocycles. The van der Waals surface area contributed by atoms with Crippen LogP contribution in [0.25, 0.3) is 10.9 Å². The minimum atomic E-state index is -0.898. The number of rotatable bonds is 18. The van der Waals surface area contributed by atoms with Gasteiger partial charge in [0.1, 0.15) is 28.8 Å². The number of aromatic nitrogens is 2. The van der Waals surface area contributed by atoms with Crippen LogP contribution in [0.3, 0.4) is 0 Å². The fourth-order valence-corrected chi connectivity index (χ4v) is 5.60. The number of alkyl carbamates (subject to hydrolysis) is 2. The molecule has 0 saturated carbocycles. The molecule has 56 heavy (non-hydrogen) atoms. The number of halogens is 1. The molecule has 0 aliphatic rings. The van der Waals surface area contributed by atoms with E-state index in [1.54, 1.807) is 70.5 Å². The Balaban J connectivity index is 1.53. The first kappa shape index (κ1) is 45.5. The fourth-order valence-electron chi connectivity index (χ4n) is 5.60. The number of amides is 3. The minimum absolute atomic E-state index is 0.149. The summed E-state index contributed by atoms with van der Waals surface area (Å²) in [4.78, 5) is 50.8. The minimum Gasteiger partial charge on any atom is -0.494 e. The van der Waals surface area contributed by atoms with Crippen LogP contribution in [-0.2, 0) is 25.5 Å². The summed E-state index contributed by atoms with van der Waals surface area (Å²) in [5.41, 5.74) is -0.395. The topological polar surface area (TPSA) is 171 Å². The molecule has 1 atom stereocenters. The standard InChI is InChI=1S/C41H61FN6O8/c1-39(2,3)33(35(50)53-10)44-34(49)32-30-22-21-29(25-31(30)48(47-32)26-27-17-19-28(42)20-18-27)54-24-16-14-12-11-13-15-23-43-36(45-37(51)55-40(4,5)6)46-38(52)56-41(7,8)9/h17-22,25,33,36,43H,11-16,23-24,26H2,1-10H3,(H,44,49)(H,45,51)(H,46,52)/t33-/m1/s1. The van der Waals surface area contributed by atoms with E-state index in [4.69, 9.17) is 18.9 Å². The number of carbonyl (C=O) groups is 4. The SMILES string of the molecule is COC(=O)[C@@H](NC(=O)c1nn(Cc2ccc(F)cc2)c2cc(OCCCCCCCCNC(NC(=O)OC(C)(C)C)NC(=O)OC(C)(C)C)ccc12)C(C)(C)C. The highest BCUT2D eigenvalue weighted by Crippen LogP contribution is 2.27. The van der Waals surface area contributed by atoms with Crippen molar-refractivity contribution in [3.63, 3.8) is 0 Å². The molecule has 310 valence electrons. The summed E-state index contributed by atoms with van der Waals surface area (Å²) in [6.45, 7) is 17.4. The van der Waals surface area contributed by atoms with Crippen molar-refractivity contribution in [2.75, 3.05) is 20.3 Å². The summed E-state index contributed by atoms with van der Waals surface area (Å²) in [6, 6.07) is 10.6. The number of hydrogen-bond acceptors (Lipinski definition) is 10. The van der Waals surface area contributed by atoms with Gasteiger partial charge in [-0.2, -0.15) is 5.10 Å². The predicted molar refractivity (Wildman–Crippen MR) is 212 cm³/mol. The summed E-state index contributed by atoms with van der Waals surface area (Å²) >= 11 is 0. The molecule has 2 aromatic carbocycles. The highest BCUT2D eigenvalue weighted by Gasteiger charge is 2.35. The predicted octanol–water partition coefficient (Wildman–Crippen LogP) is 7.18. The Morgan fingerprint density at radius 1 is 0.768 bits per heavy atom. The van der Waals surface area contributed by atoms with E-state index in [0.29, 0.717) is 29.8 Å². The number of nitrogens with zero attached hydrogens (tertiary/aromatic N) is 2. The first-order valence-electron chi connectivity index (χ1n) is 19.1. The van der Waals surface area contributed by atoms with E-state index in [-0.39, 0.29) is 18.1 Å². The molecule has 3 aromatic rings. The molecule has 0 unspecified atom stereocenters. The third-order valence-corrected chi connectivity index (χ3v) is 8.27. The van der Waals surface area contributed by atoms with Crippen molar-refractivity contribution in [2.45, 2.75) is 131 Å². The lowest BCUT2D eigenvalue weighted by Crippen LogP contribution is -2.58. The van der Waals surface area contributed by atoms with E-state index in [9.17, 15) is 23.6 Å². The molecule has 1 aromatic heterocycles. The molecule has 14 nitrogen and oxygen atoms in total. The van der Waals surface area contributed by atoms with E-state index >= 15 is 0 Å². The number of esters is 1. The van der Waals surface area contributed by atoms with Gasteiger partial charge < -0.3 is 24.3 Å². The van der Waals surface area contributed by atoms with E-state index in [2.05, 4.69) is 26.4 Å². The average molecular weight is 785 g/mol. The largest absolute Gasteiger partial charge is 0.494 e. The quantitative estimate of drug-likeness (QED) is 0.0448. The molecule has 15 heteroatoms. The Morgan fingerprint density at radius 3 is 1.89 bits per heavy atom. The molecular formula is C41H61FN6O8. The van der Waals surface area contributed by atoms with Crippen LogP contribution in [0.1, 0.15) is 117 Å². The van der Waals surface area contributed by atoms with Gasteiger partial charge in [-0.25, -0.2) is 18.8 Å². The second kappa shape index (κ2) is 20.3. The number of unbranched alkanes of at least 4 members (excludes halogenated alkanes) is 5. The van der Waals surface area contributed by atoms with Crippen LogP contribution in [0, 0.1) is 11.2 Å². The maximum absolute atomic E-state index is 13.6. The Morgan fingerprint density at radius 2 is 1.34 bits per heavy atom. The highest BCUT2D eigenvalue weighted by atomic mass is 19.1. The van der Waals surface area contributed by atoms with Gasteiger partial charge in [0, 0.05) is 11.5 Å². The van der Waals surface area contributed by atoms with Crippen molar-refractivity contribution in [1.82, 2.24) is 31.0 Å². The van der Waals surface area contributed by atoms with Crippen LogP contribution in [0.4, 0.5) is 14.0 Å². The van der Waals surface area contributed by atoms with Crippen molar-refractivity contribution < 1.29 is 42.5 Å². The van der Waals surface area contributed by atoms with Gasteiger partial charge in [-0.05, 0) is 96.2 Å². The Bertz CT molecular complexity index is 1730.